The van der Waals surface area contributed by atoms with Crippen molar-refractivity contribution in [3.05, 3.63) is 47.8 Å². The van der Waals surface area contributed by atoms with E-state index in [0.29, 0.717) is 5.75 Å². The summed E-state index contributed by atoms with van der Waals surface area (Å²) in [6.07, 6.45) is -4.31. The van der Waals surface area contributed by atoms with Crippen LogP contribution in [0.4, 0.5) is 13.2 Å². The van der Waals surface area contributed by atoms with Gasteiger partial charge in [-0.15, -0.1) is 0 Å². The Morgan fingerprint density at radius 1 is 1.30 bits per heavy atom. The molecule has 0 fully saturated rings. The molecule has 1 N–H and O–H groups in total. The molecular formula is C15H15F3N2O2S. The fourth-order valence-electron chi connectivity index (χ4n) is 1.68. The smallest absolute Gasteiger partial charge is 0.433 e. The van der Waals surface area contributed by atoms with Gasteiger partial charge in [-0.1, -0.05) is 23.9 Å². The number of aliphatic hydroxyl groups excluding tert-OH is 1. The van der Waals surface area contributed by atoms with E-state index in [1.54, 1.807) is 6.07 Å². The maximum Gasteiger partial charge on any atom is 0.433 e. The molecule has 0 saturated carbocycles. The first kappa shape index (κ1) is 17.6. The lowest BCUT2D eigenvalue weighted by molar-refractivity contribution is -0.141. The predicted molar refractivity (Wildman–Crippen MR) is 80.4 cm³/mol. The minimum Gasteiger partial charge on any atom is -0.491 e. The average molecular weight is 344 g/mol. The summed E-state index contributed by atoms with van der Waals surface area (Å²) >= 11 is 0.945. The van der Waals surface area contributed by atoms with Crippen molar-refractivity contribution in [2.75, 3.05) is 12.4 Å². The second kappa shape index (κ2) is 7.65. The molecule has 0 aliphatic rings. The van der Waals surface area contributed by atoms with Crippen LogP contribution >= 0.6 is 11.8 Å². The van der Waals surface area contributed by atoms with Crippen LogP contribution in [0.1, 0.15) is 11.3 Å². The summed E-state index contributed by atoms with van der Waals surface area (Å²) in [7, 11) is 0. The Labute approximate surface area is 135 Å². The number of hydrogen-bond donors (Lipinski definition) is 1. The van der Waals surface area contributed by atoms with E-state index in [1.807, 2.05) is 25.1 Å². The van der Waals surface area contributed by atoms with Crippen LogP contribution in [0, 0.1) is 6.92 Å². The molecule has 2 aromatic rings. The fraction of sp³-hybridized carbons (Fsp3) is 0.333. The molecule has 0 aliphatic carbocycles. The third kappa shape index (κ3) is 5.72. The number of ether oxygens (including phenoxy) is 1. The molecule has 1 atom stereocenters. The molecular weight excluding hydrogens is 329 g/mol. The molecule has 1 heterocycles. The van der Waals surface area contributed by atoms with Gasteiger partial charge in [0.25, 0.3) is 0 Å². The van der Waals surface area contributed by atoms with Gasteiger partial charge >= 0.3 is 6.18 Å². The fourth-order valence-corrected chi connectivity index (χ4v) is 2.42. The van der Waals surface area contributed by atoms with Gasteiger partial charge in [0.2, 0.25) is 0 Å². The summed E-state index contributed by atoms with van der Waals surface area (Å²) in [6, 6.07) is 8.16. The van der Waals surface area contributed by atoms with Gasteiger partial charge in [0.05, 0.1) is 6.10 Å². The first-order valence-electron chi connectivity index (χ1n) is 6.75. The van der Waals surface area contributed by atoms with Crippen molar-refractivity contribution in [2.24, 2.45) is 0 Å². The molecule has 0 amide bonds. The quantitative estimate of drug-likeness (QED) is 0.643. The monoisotopic (exact) mass is 344 g/mol. The minimum atomic E-state index is -4.51. The van der Waals surface area contributed by atoms with Crippen molar-refractivity contribution in [1.82, 2.24) is 9.97 Å². The Morgan fingerprint density at radius 2 is 2.09 bits per heavy atom. The van der Waals surface area contributed by atoms with Crippen molar-refractivity contribution in [1.29, 1.82) is 0 Å². The van der Waals surface area contributed by atoms with Gasteiger partial charge in [-0.05, 0) is 30.7 Å². The minimum absolute atomic E-state index is 0.0329. The highest BCUT2D eigenvalue weighted by Gasteiger charge is 2.32. The van der Waals surface area contributed by atoms with Crippen molar-refractivity contribution in [3.63, 3.8) is 0 Å². The van der Waals surface area contributed by atoms with Crippen molar-refractivity contribution >= 4 is 11.8 Å². The summed E-state index contributed by atoms with van der Waals surface area (Å²) < 4.78 is 43.0. The van der Waals surface area contributed by atoms with Crippen LogP contribution in [-0.4, -0.2) is 33.5 Å². The van der Waals surface area contributed by atoms with Gasteiger partial charge in [-0.3, -0.25) is 0 Å². The lowest BCUT2D eigenvalue weighted by atomic mass is 10.2. The highest BCUT2D eigenvalue weighted by molar-refractivity contribution is 7.99. The standard InChI is InChI=1S/C15H15F3N2O2S/c1-10-3-2-4-12(7-10)22-8-11(21)9-23-14-19-6-5-13(20-14)15(16,17)18/h2-7,11,21H,8-9H2,1H3. The van der Waals surface area contributed by atoms with Gasteiger partial charge < -0.3 is 9.84 Å². The molecule has 8 heteroatoms. The molecule has 0 bridgehead atoms. The zero-order valence-electron chi connectivity index (χ0n) is 12.2. The number of thioether (sulfide) groups is 1. The largest absolute Gasteiger partial charge is 0.491 e. The van der Waals surface area contributed by atoms with Gasteiger partial charge in [0, 0.05) is 11.9 Å². The molecule has 1 unspecified atom stereocenters. The molecule has 1 aromatic heterocycles. The summed E-state index contributed by atoms with van der Waals surface area (Å²) in [4.78, 5) is 7.18. The van der Waals surface area contributed by atoms with E-state index in [9.17, 15) is 18.3 Å². The normalized spacial score (nSPS) is 12.9. The summed E-state index contributed by atoms with van der Waals surface area (Å²) in [5.74, 6) is 0.761. The van der Waals surface area contributed by atoms with Gasteiger partial charge in [-0.25, -0.2) is 9.97 Å². The molecule has 23 heavy (non-hydrogen) atoms. The number of nitrogens with zero attached hydrogens (tertiary/aromatic N) is 2. The Morgan fingerprint density at radius 3 is 2.78 bits per heavy atom. The second-order valence-corrected chi connectivity index (χ2v) is 5.80. The molecule has 0 radical (unpaired) electrons. The van der Waals surface area contributed by atoms with Crippen LogP contribution in [0.2, 0.25) is 0 Å². The molecule has 0 aliphatic heterocycles. The maximum absolute atomic E-state index is 12.5. The van der Waals surface area contributed by atoms with Crippen LogP contribution in [0.25, 0.3) is 0 Å². The Hall–Kier alpha value is -1.80. The topological polar surface area (TPSA) is 55.2 Å². The molecule has 0 spiro atoms. The first-order valence-corrected chi connectivity index (χ1v) is 7.74. The Balaban J connectivity index is 1.83. The number of rotatable bonds is 6. The lowest BCUT2D eigenvalue weighted by Crippen LogP contribution is -2.20. The maximum atomic E-state index is 12.5. The predicted octanol–water partition coefficient (Wildman–Crippen LogP) is 3.34. The van der Waals surface area contributed by atoms with Crippen LogP contribution in [-0.2, 0) is 6.18 Å². The average Bonchev–Trinajstić information content (AvgIpc) is 2.50. The number of halogens is 3. The lowest BCUT2D eigenvalue weighted by Gasteiger charge is -2.12. The zero-order chi connectivity index (χ0) is 16.9. The number of aryl methyl sites for hydroxylation is 1. The Kier molecular flexibility index (Phi) is 5.84. The molecule has 1 aromatic carbocycles. The zero-order valence-corrected chi connectivity index (χ0v) is 13.1. The third-order valence-electron chi connectivity index (χ3n) is 2.76. The van der Waals surface area contributed by atoms with Crippen LogP contribution in [0.5, 0.6) is 5.75 Å². The molecule has 2 rings (SSSR count). The summed E-state index contributed by atoms with van der Waals surface area (Å²) in [5, 5.41) is 9.81. The van der Waals surface area contributed by atoms with E-state index in [1.165, 1.54) is 0 Å². The number of aliphatic hydroxyl groups is 1. The van der Waals surface area contributed by atoms with Crippen LogP contribution < -0.4 is 4.74 Å². The van der Waals surface area contributed by atoms with E-state index < -0.39 is 18.0 Å². The van der Waals surface area contributed by atoms with Crippen molar-refractivity contribution < 1.29 is 23.0 Å². The third-order valence-corrected chi connectivity index (χ3v) is 3.77. The number of aromatic nitrogens is 2. The van der Waals surface area contributed by atoms with Crippen molar-refractivity contribution in [2.45, 2.75) is 24.4 Å². The van der Waals surface area contributed by atoms with Crippen molar-refractivity contribution in [3.8, 4) is 5.75 Å². The van der Waals surface area contributed by atoms with Crippen LogP contribution in [0.15, 0.2) is 41.7 Å². The number of hydrogen-bond acceptors (Lipinski definition) is 5. The van der Waals surface area contributed by atoms with Crippen LogP contribution in [0.3, 0.4) is 0 Å². The summed E-state index contributed by atoms with van der Waals surface area (Å²) in [5.41, 5.74) is 0.0317. The van der Waals surface area contributed by atoms with E-state index in [4.69, 9.17) is 4.74 Å². The number of benzene rings is 1. The molecule has 124 valence electrons. The van der Waals surface area contributed by atoms with Gasteiger partial charge in [0.1, 0.15) is 18.1 Å². The molecule has 0 saturated heterocycles. The molecule has 4 nitrogen and oxygen atoms in total. The van der Waals surface area contributed by atoms with E-state index in [-0.39, 0.29) is 17.5 Å². The SMILES string of the molecule is Cc1cccc(OCC(O)CSc2nccc(C(F)(F)F)n2)c1. The second-order valence-electron chi connectivity index (χ2n) is 4.81. The Bertz CT molecular complexity index is 653. The highest BCUT2D eigenvalue weighted by atomic mass is 32.2. The first-order chi connectivity index (χ1) is 10.8. The van der Waals surface area contributed by atoms with E-state index in [2.05, 4.69) is 9.97 Å². The van der Waals surface area contributed by atoms with Gasteiger partial charge in [0.15, 0.2) is 5.16 Å². The van der Waals surface area contributed by atoms with E-state index >= 15 is 0 Å². The highest BCUT2D eigenvalue weighted by Crippen LogP contribution is 2.28. The van der Waals surface area contributed by atoms with E-state index in [0.717, 1.165) is 29.6 Å². The number of alkyl halides is 3. The summed E-state index contributed by atoms with van der Waals surface area (Å²) in [6.45, 7) is 1.96. The van der Waals surface area contributed by atoms with Gasteiger partial charge in [-0.2, -0.15) is 13.2 Å².